The van der Waals surface area contributed by atoms with Crippen molar-refractivity contribution in [3.8, 4) is 22.3 Å². The van der Waals surface area contributed by atoms with Crippen LogP contribution < -0.4 is 5.32 Å². The van der Waals surface area contributed by atoms with Gasteiger partial charge in [0, 0.05) is 37.3 Å². The van der Waals surface area contributed by atoms with E-state index in [0.717, 1.165) is 27.8 Å². The third kappa shape index (κ3) is 6.96. The van der Waals surface area contributed by atoms with Crippen LogP contribution in [0, 0.1) is 5.92 Å². The predicted molar refractivity (Wildman–Crippen MR) is 171 cm³/mol. The molecule has 0 bridgehead atoms. The molecule has 7 heteroatoms. The lowest BCUT2D eigenvalue weighted by atomic mass is 9.94. The van der Waals surface area contributed by atoms with Gasteiger partial charge in [0.25, 0.3) is 5.91 Å². The highest BCUT2D eigenvalue weighted by Crippen LogP contribution is 2.31. The third-order valence-corrected chi connectivity index (χ3v) is 8.14. The molecule has 1 heterocycles. The van der Waals surface area contributed by atoms with E-state index in [9.17, 15) is 14.7 Å². The molecule has 0 radical (unpaired) electrons. The smallest absolute Gasteiger partial charge is 0.321 e. The average Bonchev–Trinajstić information content (AvgIpc) is 3.06. The van der Waals surface area contributed by atoms with E-state index >= 15 is 0 Å². The number of likely N-dealkylation sites (N-methyl/N-ethyl adjacent to an activating group) is 1. The van der Waals surface area contributed by atoms with Crippen molar-refractivity contribution < 1.29 is 19.4 Å². The molecule has 3 atom stereocenters. The second-order valence-corrected chi connectivity index (χ2v) is 11.3. The zero-order chi connectivity index (χ0) is 30.3. The predicted octanol–water partition coefficient (Wildman–Crippen LogP) is 6.54. The van der Waals surface area contributed by atoms with Crippen molar-refractivity contribution in [2.24, 2.45) is 5.92 Å². The van der Waals surface area contributed by atoms with E-state index in [1.54, 1.807) is 16.8 Å². The molecular formula is C36H39N3O4. The minimum absolute atomic E-state index is 0.129. The monoisotopic (exact) mass is 577 g/mol. The van der Waals surface area contributed by atoms with Gasteiger partial charge in [0.15, 0.2) is 0 Å². The fourth-order valence-electron chi connectivity index (χ4n) is 5.50. The number of nitrogens with zero attached hydrogens (tertiary/aromatic N) is 2. The van der Waals surface area contributed by atoms with Crippen molar-refractivity contribution in [1.82, 2.24) is 9.80 Å². The van der Waals surface area contributed by atoms with Gasteiger partial charge >= 0.3 is 6.03 Å². The van der Waals surface area contributed by atoms with Gasteiger partial charge in [0.1, 0.15) is 0 Å². The Balaban J connectivity index is 1.36. The van der Waals surface area contributed by atoms with Crippen LogP contribution >= 0.6 is 0 Å². The van der Waals surface area contributed by atoms with Crippen LogP contribution in [0.1, 0.15) is 29.8 Å². The first-order chi connectivity index (χ1) is 20.9. The van der Waals surface area contributed by atoms with E-state index in [0.29, 0.717) is 30.9 Å². The van der Waals surface area contributed by atoms with Crippen molar-refractivity contribution in [2.75, 3.05) is 32.1 Å². The van der Waals surface area contributed by atoms with Gasteiger partial charge in [-0.3, -0.25) is 4.79 Å². The molecule has 0 aliphatic carbocycles. The Labute approximate surface area is 253 Å². The van der Waals surface area contributed by atoms with Gasteiger partial charge in [0.2, 0.25) is 0 Å². The highest BCUT2D eigenvalue weighted by molar-refractivity contribution is 6.01. The molecule has 1 aliphatic heterocycles. The Morgan fingerprint density at radius 3 is 2.21 bits per heavy atom. The molecule has 0 saturated carbocycles. The molecule has 4 aromatic rings. The zero-order valence-electron chi connectivity index (χ0n) is 24.9. The molecule has 0 aromatic heterocycles. The second-order valence-electron chi connectivity index (χ2n) is 11.3. The topological polar surface area (TPSA) is 82.1 Å². The quantitative estimate of drug-likeness (QED) is 0.273. The fraction of sp³-hybridized carbons (Fsp3) is 0.278. The van der Waals surface area contributed by atoms with Gasteiger partial charge in [-0.1, -0.05) is 91.9 Å². The Hall–Kier alpha value is -4.46. The van der Waals surface area contributed by atoms with E-state index in [-0.39, 0.29) is 36.6 Å². The number of anilines is 1. The van der Waals surface area contributed by atoms with Crippen molar-refractivity contribution in [2.45, 2.75) is 32.6 Å². The first-order valence-corrected chi connectivity index (χ1v) is 14.7. The molecule has 0 spiro atoms. The highest BCUT2D eigenvalue weighted by atomic mass is 16.5. The number of rotatable bonds is 6. The van der Waals surface area contributed by atoms with Crippen LogP contribution in [0.5, 0.6) is 0 Å². The summed E-state index contributed by atoms with van der Waals surface area (Å²) in [5, 5.41) is 13.0. The van der Waals surface area contributed by atoms with Gasteiger partial charge in [-0.2, -0.15) is 0 Å². The largest absolute Gasteiger partial charge is 0.394 e. The normalized spacial score (nSPS) is 17.7. The number of carbonyl (C=O) groups is 2. The standard InChI is InChI=1S/C36H39N3O4/c1-25-21-39(26(2)23-40)35(41)33-16-10-9-15-32(33)31-14-8-7-13-29(31)24-43-34(25)22-38(3)36(42)37-30-19-17-28(18-20-30)27-11-5-4-6-12-27/h4-20,25-26,34,40H,21-24H2,1-3H3,(H,37,42)/t25-,26+,34-/m0/s1. The minimum atomic E-state index is -0.389. The SMILES string of the molecule is C[C@H](CO)N1C[C@H](C)[C@H](CN(C)C(=O)Nc2ccc(-c3ccccc3)cc2)OCc2ccccc2-c2ccccc2C1=O. The highest BCUT2D eigenvalue weighted by Gasteiger charge is 2.31. The molecule has 43 heavy (non-hydrogen) atoms. The molecule has 0 fully saturated rings. The second kappa shape index (κ2) is 13.7. The van der Waals surface area contributed by atoms with Crippen LogP contribution in [0.3, 0.4) is 0 Å². The number of hydrogen-bond acceptors (Lipinski definition) is 4. The molecule has 4 aromatic carbocycles. The summed E-state index contributed by atoms with van der Waals surface area (Å²) < 4.78 is 6.54. The van der Waals surface area contributed by atoms with E-state index in [4.69, 9.17) is 4.74 Å². The maximum atomic E-state index is 14.0. The number of benzene rings is 4. The molecule has 3 amide bonds. The molecule has 2 N–H and O–H groups in total. The Bertz CT molecular complexity index is 1540. The fourth-order valence-corrected chi connectivity index (χ4v) is 5.50. The number of amides is 3. The maximum absolute atomic E-state index is 14.0. The summed E-state index contributed by atoms with van der Waals surface area (Å²) in [5.41, 5.74) is 6.22. The van der Waals surface area contributed by atoms with Crippen LogP contribution in [-0.2, 0) is 11.3 Å². The Kier molecular flexibility index (Phi) is 9.55. The van der Waals surface area contributed by atoms with Crippen LogP contribution in [0.25, 0.3) is 22.3 Å². The van der Waals surface area contributed by atoms with Gasteiger partial charge in [0.05, 0.1) is 25.4 Å². The number of nitrogens with one attached hydrogen (secondary N) is 1. The summed E-state index contributed by atoms with van der Waals surface area (Å²) >= 11 is 0. The van der Waals surface area contributed by atoms with Crippen molar-refractivity contribution in [3.63, 3.8) is 0 Å². The summed E-state index contributed by atoms with van der Waals surface area (Å²) in [4.78, 5) is 30.6. The lowest BCUT2D eigenvalue weighted by molar-refractivity contribution is -0.0178. The number of hydrogen-bond donors (Lipinski definition) is 2. The van der Waals surface area contributed by atoms with Crippen molar-refractivity contribution in [3.05, 3.63) is 114 Å². The molecule has 5 rings (SSSR count). The molecule has 222 valence electrons. The Morgan fingerprint density at radius 1 is 0.907 bits per heavy atom. The summed E-state index contributed by atoms with van der Waals surface area (Å²) in [6, 6.07) is 32.8. The van der Waals surface area contributed by atoms with Gasteiger partial charge in [-0.25, -0.2) is 4.79 Å². The first kappa shape index (κ1) is 30.0. The average molecular weight is 578 g/mol. The molecule has 7 nitrogen and oxygen atoms in total. The summed E-state index contributed by atoms with van der Waals surface area (Å²) in [5.74, 6) is -0.264. The van der Waals surface area contributed by atoms with E-state index in [1.165, 1.54) is 0 Å². The number of ether oxygens (including phenoxy) is 1. The lowest BCUT2D eigenvalue weighted by Gasteiger charge is -2.35. The maximum Gasteiger partial charge on any atom is 0.321 e. The van der Waals surface area contributed by atoms with Gasteiger partial charge in [-0.15, -0.1) is 0 Å². The summed E-state index contributed by atoms with van der Waals surface area (Å²) in [6.07, 6.45) is -0.369. The van der Waals surface area contributed by atoms with Crippen LogP contribution in [0.2, 0.25) is 0 Å². The zero-order valence-corrected chi connectivity index (χ0v) is 24.9. The number of aliphatic hydroxyl groups is 1. The number of fused-ring (bicyclic) bond motifs is 3. The van der Waals surface area contributed by atoms with Gasteiger partial charge in [-0.05, 0) is 52.9 Å². The van der Waals surface area contributed by atoms with E-state index in [1.807, 2.05) is 105 Å². The number of urea groups is 1. The van der Waals surface area contributed by atoms with Crippen LogP contribution in [0.15, 0.2) is 103 Å². The molecule has 1 aliphatic rings. The van der Waals surface area contributed by atoms with Crippen molar-refractivity contribution in [1.29, 1.82) is 0 Å². The first-order valence-electron chi connectivity index (χ1n) is 14.7. The molecular weight excluding hydrogens is 538 g/mol. The number of aliphatic hydroxyl groups excluding tert-OH is 1. The van der Waals surface area contributed by atoms with Crippen LogP contribution in [-0.4, -0.2) is 65.7 Å². The van der Waals surface area contributed by atoms with Crippen LogP contribution in [0.4, 0.5) is 10.5 Å². The molecule has 0 unspecified atom stereocenters. The van der Waals surface area contributed by atoms with E-state index in [2.05, 4.69) is 17.4 Å². The van der Waals surface area contributed by atoms with E-state index < -0.39 is 0 Å². The molecule has 0 saturated heterocycles. The lowest BCUT2D eigenvalue weighted by Crippen LogP contribution is -2.48. The Morgan fingerprint density at radius 2 is 1.51 bits per heavy atom. The number of carbonyl (C=O) groups excluding carboxylic acids is 2. The summed E-state index contributed by atoms with van der Waals surface area (Å²) in [6.45, 7) is 4.73. The summed E-state index contributed by atoms with van der Waals surface area (Å²) in [7, 11) is 1.75. The van der Waals surface area contributed by atoms with Crippen molar-refractivity contribution >= 4 is 17.6 Å². The third-order valence-electron chi connectivity index (χ3n) is 8.14. The van der Waals surface area contributed by atoms with Gasteiger partial charge < -0.3 is 25.0 Å². The minimum Gasteiger partial charge on any atom is -0.394 e.